The Balaban J connectivity index is 1.38. The van der Waals surface area contributed by atoms with E-state index in [4.69, 9.17) is 0 Å². The Morgan fingerprint density at radius 2 is 2.17 bits per heavy atom. The highest BCUT2D eigenvalue weighted by atomic mass is 16.2. The minimum absolute atomic E-state index is 0.226. The van der Waals surface area contributed by atoms with E-state index in [0.717, 1.165) is 51.4 Å². The van der Waals surface area contributed by atoms with Crippen LogP contribution in [-0.4, -0.2) is 70.0 Å². The zero-order valence-corrected chi connectivity index (χ0v) is 14.5. The molecule has 1 unspecified atom stereocenters. The van der Waals surface area contributed by atoms with Crippen molar-refractivity contribution in [2.24, 2.45) is 11.8 Å². The number of fused-ring (bicyclic) bond motifs is 3. The van der Waals surface area contributed by atoms with Crippen molar-refractivity contribution in [2.45, 2.75) is 44.8 Å². The second-order valence-electron chi connectivity index (χ2n) is 7.53. The molecule has 0 aliphatic carbocycles. The summed E-state index contributed by atoms with van der Waals surface area (Å²) in [5.41, 5.74) is 0.982. The van der Waals surface area contributed by atoms with E-state index in [1.807, 2.05) is 17.9 Å². The van der Waals surface area contributed by atoms with E-state index in [1.54, 1.807) is 0 Å². The summed E-state index contributed by atoms with van der Waals surface area (Å²) in [5.74, 6) is 1.19. The van der Waals surface area contributed by atoms with Gasteiger partial charge in [0.15, 0.2) is 0 Å². The van der Waals surface area contributed by atoms with Crippen LogP contribution in [-0.2, 0) is 17.9 Å². The third-order valence-corrected chi connectivity index (χ3v) is 5.96. The molecule has 5 rings (SSSR count). The third-order valence-electron chi connectivity index (χ3n) is 5.96. The van der Waals surface area contributed by atoms with Crippen LogP contribution in [0.3, 0.4) is 0 Å². The standard InChI is InChI=1S/C17H28N6O/c1-18-9-14-10-23(20-19-14)11-15-8-13-4-7-22(15)12-16(13)17(24)21-5-2-3-6-21/h10,13,15-16,18H,2-9,11-12H2,1H3/t13-,15+,16-/m0/s1. The maximum Gasteiger partial charge on any atom is 0.227 e. The van der Waals surface area contributed by atoms with Gasteiger partial charge in [-0.15, -0.1) is 5.10 Å². The van der Waals surface area contributed by atoms with Crippen molar-refractivity contribution in [2.75, 3.05) is 33.2 Å². The summed E-state index contributed by atoms with van der Waals surface area (Å²) in [7, 11) is 1.92. The Morgan fingerprint density at radius 3 is 2.88 bits per heavy atom. The van der Waals surface area contributed by atoms with Crippen molar-refractivity contribution >= 4 is 5.91 Å². The molecule has 4 saturated heterocycles. The van der Waals surface area contributed by atoms with Crippen LogP contribution < -0.4 is 5.32 Å². The predicted molar refractivity (Wildman–Crippen MR) is 90.2 cm³/mol. The average Bonchev–Trinajstić information content (AvgIpc) is 3.27. The topological polar surface area (TPSA) is 66.3 Å². The summed E-state index contributed by atoms with van der Waals surface area (Å²) >= 11 is 0. The SMILES string of the molecule is CNCc1cn(C[C@H]2C[C@@H]3CCN2C[C@@H]3C(=O)N2CCCC2)nn1. The normalized spacial score (nSPS) is 32.5. The number of likely N-dealkylation sites (tertiary alicyclic amines) is 1. The summed E-state index contributed by atoms with van der Waals surface area (Å²) in [6.07, 6.45) is 6.68. The molecule has 7 nitrogen and oxygen atoms in total. The van der Waals surface area contributed by atoms with Crippen molar-refractivity contribution in [3.05, 3.63) is 11.9 Å². The molecule has 2 bridgehead atoms. The van der Waals surface area contributed by atoms with E-state index in [0.29, 0.717) is 17.9 Å². The minimum atomic E-state index is 0.226. The fourth-order valence-corrected chi connectivity index (χ4v) is 4.69. The van der Waals surface area contributed by atoms with Crippen LogP contribution >= 0.6 is 0 Å². The molecule has 0 spiro atoms. The van der Waals surface area contributed by atoms with Gasteiger partial charge in [-0.25, -0.2) is 0 Å². The van der Waals surface area contributed by atoms with Crippen molar-refractivity contribution < 1.29 is 4.79 Å². The summed E-state index contributed by atoms with van der Waals surface area (Å²) in [6.45, 7) is 5.64. The fourth-order valence-electron chi connectivity index (χ4n) is 4.69. The molecular weight excluding hydrogens is 304 g/mol. The first-order valence-corrected chi connectivity index (χ1v) is 9.31. The molecule has 0 radical (unpaired) electrons. The highest BCUT2D eigenvalue weighted by molar-refractivity contribution is 5.80. The fraction of sp³-hybridized carbons (Fsp3) is 0.824. The van der Waals surface area contributed by atoms with Crippen LogP contribution in [0.1, 0.15) is 31.4 Å². The van der Waals surface area contributed by atoms with Crippen molar-refractivity contribution in [1.82, 2.24) is 30.1 Å². The van der Waals surface area contributed by atoms with E-state index < -0.39 is 0 Å². The van der Waals surface area contributed by atoms with Gasteiger partial charge < -0.3 is 10.2 Å². The van der Waals surface area contributed by atoms with E-state index in [1.165, 1.54) is 19.3 Å². The Morgan fingerprint density at radius 1 is 1.33 bits per heavy atom. The van der Waals surface area contributed by atoms with Gasteiger partial charge in [0.25, 0.3) is 0 Å². The number of piperidine rings is 3. The first-order valence-electron chi connectivity index (χ1n) is 9.31. The molecule has 4 aliphatic heterocycles. The summed E-state index contributed by atoms with van der Waals surface area (Å²) in [5, 5.41) is 11.6. The van der Waals surface area contributed by atoms with E-state index in [2.05, 4.69) is 25.4 Å². The van der Waals surface area contributed by atoms with Gasteiger partial charge in [-0.1, -0.05) is 5.21 Å². The number of rotatable bonds is 5. The van der Waals surface area contributed by atoms with Crippen molar-refractivity contribution in [1.29, 1.82) is 0 Å². The van der Waals surface area contributed by atoms with Crippen LogP contribution in [0.2, 0.25) is 0 Å². The Kier molecular flexibility index (Phi) is 4.54. The van der Waals surface area contributed by atoms with Gasteiger partial charge in [-0.05, 0) is 45.2 Å². The molecule has 0 aromatic carbocycles. The van der Waals surface area contributed by atoms with E-state index >= 15 is 0 Å². The van der Waals surface area contributed by atoms with Gasteiger partial charge in [0.1, 0.15) is 0 Å². The molecule has 5 heterocycles. The Labute approximate surface area is 143 Å². The number of nitrogens with zero attached hydrogens (tertiary/aromatic N) is 5. The molecule has 7 heteroatoms. The largest absolute Gasteiger partial charge is 0.342 e. The summed E-state index contributed by atoms with van der Waals surface area (Å²) in [6, 6.07) is 0.496. The smallest absolute Gasteiger partial charge is 0.227 e. The summed E-state index contributed by atoms with van der Waals surface area (Å²) in [4.78, 5) is 17.4. The zero-order valence-electron chi connectivity index (χ0n) is 14.5. The second-order valence-corrected chi connectivity index (χ2v) is 7.53. The minimum Gasteiger partial charge on any atom is -0.342 e. The van der Waals surface area contributed by atoms with Crippen LogP contribution in [0, 0.1) is 11.8 Å². The van der Waals surface area contributed by atoms with E-state index in [9.17, 15) is 4.79 Å². The highest BCUT2D eigenvalue weighted by Gasteiger charge is 2.44. The number of nitrogens with one attached hydrogen (secondary N) is 1. The first-order chi connectivity index (χ1) is 11.7. The van der Waals surface area contributed by atoms with Crippen molar-refractivity contribution in [3.63, 3.8) is 0 Å². The van der Waals surface area contributed by atoms with Crippen molar-refractivity contribution in [3.8, 4) is 0 Å². The first kappa shape index (κ1) is 16.0. The summed E-state index contributed by atoms with van der Waals surface area (Å²) < 4.78 is 1.97. The molecule has 4 fully saturated rings. The number of hydrogen-bond donors (Lipinski definition) is 1. The third kappa shape index (κ3) is 3.07. The second kappa shape index (κ2) is 6.80. The quantitative estimate of drug-likeness (QED) is 0.842. The van der Waals surface area contributed by atoms with Gasteiger partial charge in [0, 0.05) is 38.4 Å². The lowest BCUT2D eigenvalue weighted by Crippen LogP contribution is -2.58. The number of aromatic nitrogens is 3. The number of hydrogen-bond acceptors (Lipinski definition) is 5. The van der Waals surface area contributed by atoms with Crippen LogP contribution in [0.4, 0.5) is 0 Å². The molecule has 24 heavy (non-hydrogen) atoms. The lowest BCUT2D eigenvalue weighted by Gasteiger charge is -2.49. The lowest BCUT2D eigenvalue weighted by molar-refractivity contribution is -0.142. The molecule has 1 amide bonds. The number of carbonyl (C=O) groups excluding carboxylic acids is 1. The van der Waals surface area contributed by atoms with Crippen LogP contribution in [0.15, 0.2) is 6.20 Å². The van der Waals surface area contributed by atoms with E-state index in [-0.39, 0.29) is 5.92 Å². The lowest BCUT2D eigenvalue weighted by atomic mass is 9.75. The molecule has 132 valence electrons. The zero-order chi connectivity index (χ0) is 16.5. The molecule has 1 aromatic heterocycles. The molecule has 0 saturated carbocycles. The Hall–Kier alpha value is -1.47. The number of amides is 1. The maximum absolute atomic E-state index is 12.8. The molecule has 1 aromatic rings. The van der Waals surface area contributed by atoms with Gasteiger partial charge in [-0.3, -0.25) is 14.4 Å². The molecule has 4 atom stereocenters. The van der Waals surface area contributed by atoms with Gasteiger partial charge in [0.05, 0.1) is 18.2 Å². The maximum atomic E-state index is 12.8. The Bertz CT molecular complexity index is 581. The average molecular weight is 332 g/mol. The monoisotopic (exact) mass is 332 g/mol. The van der Waals surface area contributed by atoms with Gasteiger partial charge in [0.2, 0.25) is 5.91 Å². The predicted octanol–water partition coefficient (Wildman–Crippen LogP) is 0.330. The van der Waals surface area contributed by atoms with Crippen LogP contribution in [0.25, 0.3) is 0 Å². The molecular formula is C17H28N6O. The number of carbonyl (C=O) groups is 1. The van der Waals surface area contributed by atoms with Gasteiger partial charge >= 0.3 is 0 Å². The molecule has 4 aliphatic rings. The molecule has 1 N–H and O–H groups in total. The highest BCUT2D eigenvalue weighted by Crippen LogP contribution is 2.38. The van der Waals surface area contributed by atoms with Gasteiger partial charge in [-0.2, -0.15) is 0 Å². The van der Waals surface area contributed by atoms with Crippen LogP contribution in [0.5, 0.6) is 0 Å².